The van der Waals surface area contributed by atoms with E-state index in [0.717, 1.165) is 9.80 Å². The zero-order valence-corrected chi connectivity index (χ0v) is 16.9. The number of carbonyl (C=O) groups excluding carboxylic acids is 3. The number of carbonyl (C=O) groups is 3. The summed E-state index contributed by atoms with van der Waals surface area (Å²) < 4.78 is 6.05. The Hall–Kier alpha value is -3.63. The second-order valence-electron chi connectivity index (χ2n) is 7.10. The van der Waals surface area contributed by atoms with Crippen molar-refractivity contribution in [1.82, 2.24) is 9.80 Å². The van der Waals surface area contributed by atoms with Gasteiger partial charge in [0.15, 0.2) is 5.41 Å². The molecule has 0 saturated carbocycles. The molecular formula is C22H16ClN3O4. The van der Waals surface area contributed by atoms with Crippen molar-refractivity contribution in [1.29, 1.82) is 5.26 Å². The van der Waals surface area contributed by atoms with E-state index in [0.29, 0.717) is 16.1 Å². The van der Waals surface area contributed by atoms with Crippen LogP contribution >= 0.6 is 11.6 Å². The van der Waals surface area contributed by atoms with E-state index in [2.05, 4.69) is 6.07 Å². The smallest absolute Gasteiger partial charge is 0.333 e. The van der Waals surface area contributed by atoms with Crippen molar-refractivity contribution in [2.24, 2.45) is 0 Å². The van der Waals surface area contributed by atoms with Crippen LogP contribution < -0.4 is 0 Å². The lowest BCUT2D eigenvalue weighted by atomic mass is 9.66. The van der Waals surface area contributed by atoms with Crippen LogP contribution in [0.5, 0.6) is 0 Å². The summed E-state index contributed by atoms with van der Waals surface area (Å²) in [7, 11) is 2.51. The molecule has 2 aromatic carbocycles. The first-order chi connectivity index (χ1) is 14.3. The molecule has 4 rings (SSSR count). The summed E-state index contributed by atoms with van der Waals surface area (Å²) in [6.07, 6.45) is 1.47. The molecule has 7 nitrogen and oxygen atoms in total. The van der Waals surface area contributed by atoms with Crippen LogP contribution in [0.4, 0.5) is 4.79 Å². The summed E-state index contributed by atoms with van der Waals surface area (Å²) in [5.41, 5.74) is -3.18. The van der Waals surface area contributed by atoms with Gasteiger partial charge in [-0.05, 0) is 23.8 Å². The number of barbiturate groups is 1. The first-order valence-corrected chi connectivity index (χ1v) is 9.41. The van der Waals surface area contributed by atoms with Gasteiger partial charge in [-0.2, -0.15) is 5.26 Å². The number of nitrogens with zero attached hydrogens (tertiary/aromatic N) is 3. The lowest BCUT2D eigenvalue weighted by Gasteiger charge is -2.44. The highest BCUT2D eigenvalue weighted by Crippen LogP contribution is 2.52. The molecule has 0 aromatic heterocycles. The molecule has 2 aliphatic rings. The molecule has 0 N–H and O–H groups in total. The fraction of sp³-hybridized carbons (Fsp3) is 0.182. The first kappa shape index (κ1) is 19.7. The monoisotopic (exact) mass is 421 g/mol. The lowest BCUT2D eigenvalue weighted by Crippen LogP contribution is -2.73. The van der Waals surface area contributed by atoms with Crippen molar-refractivity contribution in [3.05, 3.63) is 76.8 Å². The summed E-state index contributed by atoms with van der Waals surface area (Å²) in [5, 5.41) is 10.8. The molecule has 8 heteroatoms. The second kappa shape index (κ2) is 6.71. The molecule has 0 radical (unpaired) electrons. The number of rotatable bonds is 2. The van der Waals surface area contributed by atoms with Crippen LogP contribution in [-0.4, -0.2) is 47.3 Å². The minimum Gasteiger partial charge on any atom is -0.465 e. The Kier molecular flexibility index (Phi) is 4.40. The third-order valence-corrected chi connectivity index (χ3v) is 5.74. The maximum absolute atomic E-state index is 13.4. The number of amides is 4. The maximum Gasteiger partial charge on any atom is 0.333 e. The van der Waals surface area contributed by atoms with E-state index in [-0.39, 0.29) is 5.76 Å². The van der Waals surface area contributed by atoms with Crippen LogP contribution in [-0.2, 0) is 19.7 Å². The molecule has 1 atom stereocenters. The van der Waals surface area contributed by atoms with Crippen molar-refractivity contribution in [2.75, 3.05) is 14.1 Å². The second-order valence-corrected chi connectivity index (χ2v) is 7.53. The Morgan fingerprint density at radius 2 is 1.50 bits per heavy atom. The van der Waals surface area contributed by atoms with Crippen LogP contribution in [0.25, 0.3) is 5.76 Å². The van der Waals surface area contributed by atoms with Crippen LogP contribution in [0.2, 0.25) is 5.02 Å². The number of nitriles is 1. The highest BCUT2D eigenvalue weighted by atomic mass is 35.5. The Morgan fingerprint density at radius 1 is 0.933 bits per heavy atom. The van der Waals surface area contributed by atoms with Crippen molar-refractivity contribution in [2.45, 2.75) is 11.0 Å². The van der Waals surface area contributed by atoms with Gasteiger partial charge in [0.25, 0.3) is 17.4 Å². The molecule has 150 valence electrons. The summed E-state index contributed by atoms with van der Waals surface area (Å²) in [4.78, 5) is 40.8. The lowest BCUT2D eigenvalue weighted by molar-refractivity contribution is -0.169. The fourth-order valence-corrected chi connectivity index (χ4v) is 4.01. The molecule has 2 aliphatic heterocycles. The molecule has 4 amide bonds. The van der Waals surface area contributed by atoms with Gasteiger partial charge in [-0.1, -0.05) is 54.1 Å². The third-order valence-electron chi connectivity index (χ3n) is 5.49. The normalized spacial score (nSPS) is 22.7. The molecule has 0 bridgehead atoms. The van der Waals surface area contributed by atoms with Gasteiger partial charge in [0.2, 0.25) is 0 Å². The molecule has 0 aliphatic carbocycles. The first-order valence-electron chi connectivity index (χ1n) is 9.03. The summed E-state index contributed by atoms with van der Waals surface area (Å²) in [5.74, 6) is -1.62. The van der Waals surface area contributed by atoms with Gasteiger partial charge in [-0.25, -0.2) is 4.79 Å². The molecular weight excluding hydrogens is 406 g/mol. The number of imide groups is 2. The minimum atomic E-state index is -2.29. The van der Waals surface area contributed by atoms with Crippen molar-refractivity contribution >= 4 is 35.2 Å². The molecule has 1 unspecified atom stereocenters. The van der Waals surface area contributed by atoms with Crippen molar-refractivity contribution in [3.8, 4) is 6.07 Å². The largest absolute Gasteiger partial charge is 0.465 e. The molecule has 2 heterocycles. The number of benzene rings is 2. The van der Waals surface area contributed by atoms with Crippen molar-refractivity contribution in [3.63, 3.8) is 0 Å². The Morgan fingerprint density at radius 3 is 2.03 bits per heavy atom. The van der Waals surface area contributed by atoms with Gasteiger partial charge in [0.1, 0.15) is 5.76 Å². The average Bonchev–Trinajstić information content (AvgIpc) is 3.14. The standard InChI is InChI=1S/C22H16ClN3O4/c1-25-18(27)22(19(28)26(2)20(25)29)21(13-24,15-8-10-16(23)11-9-15)12-17(30-22)14-6-4-3-5-7-14/h3-12H,1-2H3. The van der Waals surface area contributed by atoms with Crippen molar-refractivity contribution < 1.29 is 19.1 Å². The molecule has 1 spiro atoms. The summed E-state index contributed by atoms with van der Waals surface area (Å²) in [6, 6.07) is 16.4. The van der Waals surface area contributed by atoms with Gasteiger partial charge < -0.3 is 4.74 Å². The van der Waals surface area contributed by atoms with Crippen LogP contribution in [0.1, 0.15) is 11.1 Å². The number of hydrogen-bond donors (Lipinski definition) is 0. The minimum absolute atomic E-state index is 0.199. The van der Waals surface area contributed by atoms with Gasteiger partial charge in [0, 0.05) is 24.7 Å². The molecule has 1 saturated heterocycles. The highest BCUT2D eigenvalue weighted by molar-refractivity contribution is 6.30. The molecule has 30 heavy (non-hydrogen) atoms. The Bertz CT molecular complexity index is 1110. The number of ether oxygens (including phenoxy) is 1. The summed E-state index contributed by atoms with van der Waals surface area (Å²) in [6.45, 7) is 0. The topological polar surface area (TPSA) is 90.7 Å². The van der Waals surface area contributed by atoms with E-state index in [1.165, 1.54) is 20.2 Å². The van der Waals surface area contributed by atoms with Gasteiger partial charge in [0.05, 0.1) is 6.07 Å². The Balaban J connectivity index is 2.03. The molecule has 2 aromatic rings. The van der Waals surface area contributed by atoms with E-state index in [1.807, 2.05) is 6.07 Å². The predicted octanol–water partition coefficient (Wildman–Crippen LogP) is 2.96. The summed E-state index contributed by atoms with van der Waals surface area (Å²) >= 11 is 6.01. The zero-order valence-electron chi connectivity index (χ0n) is 16.1. The van der Waals surface area contributed by atoms with Gasteiger partial charge in [-0.3, -0.25) is 19.4 Å². The van der Waals surface area contributed by atoms with Crippen LogP contribution in [0, 0.1) is 11.3 Å². The van der Waals surface area contributed by atoms with Gasteiger partial charge >= 0.3 is 6.03 Å². The van der Waals surface area contributed by atoms with E-state index >= 15 is 0 Å². The van der Waals surface area contributed by atoms with Crippen LogP contribution in [0.15, 0.2) is 60.7 Å². The fourth-order valence-electron chi connectivity index (χ4n) is 3.88. The van der Waals surface area contributed by atoms with E-state index in [1.54, 1.807) is 48.5 Å². The Labute approximate surface area is 177 Å². The number of hydrogen-bond acceptors (Lipinski definition) is 5. The quantitative estimate of drug-likeness (QED) is 0.695. The third kappa shape index (κ3) is 2.41. The average molecular weight is 422 g/mol. The van der Waals surface area contributed by atoms with Crippen LogP contribution in [0.3, 0.4) is 0 Å². The van der Waals surface area contributed by atoms with E-state index < -0.39 is 28.9 Å². The van der Waals surface area contributed by atoms with E-state index in [4.69, 9.17) is 16.3 Å². The number of urea groups is 1. The predicted molar refractivity (Wildman–Crippen MR) is 108 cm³/mol. The highest BCUT2D eigenvalue weighted by Gasteiger charge is 2.73. The molecule has 1 fully saturated rings. The van der Waals surface area contributed by atoms with Gasteiger partial charge in [-0.15, -0.1) is 0 Å². The number of likely N-dealkylation sites (N-methyl/N-ethyl adjacent to an activating group) is 2. The number of halogens is 1. The van der Waals surface area contributed by atoms with E-state index in [9.17, 15) is 19.6 Å². The maximum atomic E-state index is 13.4. The zero-order chi connectivity index (χ0) is 21.7. The SMILES string of the molecule is CN1C(=O)N(C)C(=O)C2(OC(c3ccccc3)=CC2(C#N)c2ccc(Cl)cc2)C1=O.